The van der Waals surface area contributed by atoms with Crippen molar-refractivity contribution in [2.24, 2.45) is 0 Å². The highest BCUT2D eigenvalue weighted by atomic mass is 32.7. The average molecular weight is 168 g/mol. The molecule has 0 amide bonds. The van der Waals surface area contributed by atoms with E-state index < -0.39 is 7.43 Å². The molecule has 0 aliphatic heterocycles. The van der Waals surface area contributed by atoms with Crippen molar-refractivity contribution in [3.63, 3.8) is 0 Å². The third-order valence-corrected chi connectivity index (χ3v) is 5.29. The zero-order valence-corrected chi connectivity index (χ0v) is 8.10. The van der Waals surface area contributed by atoms with Crippen LogP contribution in [0.15, 0.2) is 0 Å². The molecule has 0 heterocycles. The molecule has 0 radical (unpaired) electrons. The largest absolute Gasteiger partial charge is 0.215 e. The van der Waals surface area contributed by atoms with Gasteiger partial charge in [-0.15, -0.1) is 0 Å². The molecule has 0 nitrogen and oxygen atoms in total. The fourth-order valence-electron chi connectivity index (χ4n) is 0.323. The molecule has 0 saturated carbocycles. The zero-order chi connectivity index (χ0) is 7.44. The van der Waals surface area contributed by atoms with Crippen molar-refractivity contribution in [3.8, 4) is 0 Å². The van der Waals surface area contributed by atoms with Crippen molar-refractivity contribution in [3.05, 3.63) is 0 Å². The van der Waals surface area contributed by atoms with Crippen LogP contribution in [0.3, 0.4) is 0 Å². The zero-order valence-electron chi connectivity index (χ0n) is 6.39. The summed E-state index contributed by atoms with van der Waals surface area (Å²) in [6.45, 7) is 7.92. The molecule has 0 aromatic heterocycles. The molecule has 0 aromatic carbocycles. The van der Waals surface area contributed by atoms with Gasteiger partial charge in [-0.3, -0.25) is 0 Å². The van der Waals surface area contributed by atoms with Gasteiger partial charge < -0.3 is 0 Å². The van der Waals surface area contributed by atoms with Crippen LogP contribution in [0.2, 0.25) is 0 Å². The van der Waals surface area contributed by atoms with Crippen LogP contribution >= 0.6 is 18.8 Å². The van der Waals surface area contributed by atoms with E-state index in [-0.39, 0.29) is 5.66 Å². The van der Waals surface area contributed by atoms with Crippen LogP contribution in [0, 0.1) is 0 Å². The number of hydrogen-bond acceptors (Lipinski definition) is 1. The molecule has 0 aliphatic rings. The molecule has 0 spiro atoms. The fourth-order valence-corrected chi connectivity index (χ4v) is 2.91. The summed E-state index contributed by atoms with van der Waals surface area (Å²) >= 11 is 1.46. The van der Waals surface area contributed by atoms with Crippen molar-refractivity contribution in [2.75, 3.05) is 0 Å². The van der Waals surface area contributed by atoms with E-state index in [0.717, 1.165) is 0 Å². The van der Waals surface area contributed by atoms with E-state index >= 15 is 0 Å². The Balaban J connectivity index is 3.38. The highest BCUT2D eigenvalue weighted by Crippen LogP contribution is 2.56. The Bertz CT molecular complexity index is 75.5. The van der Waals surface area contributed by atoms with E-state index in [4.69, 9.17) is 0 Å². The monoisotopic (exact) mass is 168 g/mol. The molecule has 3 heteroatoms. The Hall–Kier alpha value is 0.710. The first-order valence-corrected chi connectivity index (χ1v) is 5.94. The second-order valence-electron chi connectivity index (χ2n) is 2.52. The molecule has 0 aliphatic carbocycles. The van der Waals surface area contributed by atoms with Crippen LogP contribution in [0.4, 0.5) is 4.20 Å². The summed E-state index contributed by atoms with van der Waals surface area (Å²) in [6.07, 6.45) is 0. The molecule has 0 aromatic rings. The maximum atomic E-state index is 12.8. The minimum atomic E-state index is -1.26. The van der Waals surface area contributed by atoms with Gasteiger partial charge >= 0.3 is 0 Å². The molecular weight excluding hydrogens is 154 g/mol. The Labute approximate surface area is 62.2 Å². The van der Waals surface area contributed by atoms with Crippen LogP contribution in [0.5, 0.6) is 0 Å². The predicted octanol–water partition coefficient (Wildman–Crippen LogP) is 3.82. The lowest BCUT2D eigenvalue weighted by Crippen LogP contribution is -1.89. The molecule has 9 heavy (non-hydrogen) atoms. The van der Waals surface area contributed by atoms with E-state index in [9.17, 15) is 4.20 Å². The van der Waals surface area contributed by atoms with Crippen molar-refractivity contribution >= 4 is 18.8 Å². The van der Waals surface area contributed by atoms with Gasteiger partial charge in [-0.25, -0.2) is 4.20 Å². The SMILES string of the molecule is CC(C)SP(F)C(C)C. The summed E-state index contributed by atoms with van der Waals surface area (Å²) in [5, 5.41) is 0.434. The van der Waals surface area contributed by atoms with Crippen molar-refractivity contribution in [1.82, 2.24) is 0 Å². The van der Waals surface area contributed by atoms with Crippen LogP contribution < -0.4 is 0 Å². The second-order valence-corrected chi connectivity index (χ2v) is 6.93. The first-order chi connectivity index (χ1) is 4.04. The summed E-state index contributed by atoms with van der Waals surface area (Å²) in [5.41, 5.74) is 0.215. The Morgan fingerprint density at radius 2 is 1.67 bits per heavy atom. The minimum absolute atomic E-state index is 0.215. The van der Waals surface area contributed by atoms with Gasteiger partial charge in [0.2, 0.25) is 0 Å². The van der Waals surface area contributed by atoms with Gasteiger partial charge in [-0.1, -0.05) is 39.1 Å². The third kappa shape index (κ3) is 5.17. The maximum absolute atomic E-state index is 12.8. The standard InChI is InChI=1S/C6H14FPS/c1-5(2)8(7)9-6(3)4/h5-6H,1-4H3. The molecule has 0 rings (SSSR count). The van der Waals surface area contributed by atoms with Crippen molar-refractivity contribution < 1.29 is 4.20 Å². The summed E-state index contributed by atoms with van der Waals surface area (Å²) < 4.78 is 12.8. The minimum Gasteiger partial charge on any atom is -0.215 e. The van der Waals surface area contributed by atoms with Gasteiger partial charge in [0.1, 0.15) is 7.43 Å². The lowest BCUT2D eigenvalue weighted by molar-refractivity contribution is 0.874. The Kier molecular flexibility index (Phi) is 4.87. The van der Waals surface area contributed by atoms with Crippen molar-refractivity contribution in [1.29, 1.82) is 0 Å². The predicted molar refractivity (Wildman–Crippen MR) is 45.9 cm³/mol. The summed E-state index contributed by atoms with van der Waals surface area (Å²) in [4.78, 5) is 0. The third-order valence-electron chi connectivity index (χ3n) is 0.718. The van der Waals surface area contributed by atoms with E-state index in [0.29, 0.717) is 5.25 Å². The number of halogens is 1. The number of hydrogen-bond donors (Lipinski definition) is 0. The van der Waals surface area contributed by atoms with E-state index in [1.54, 1.807) is 0 Å². The highest BCUT2D eigenvalue weighted by molar-refractivity contribution is 8.54. The van der Waals surface area contributed by atoms with Gasteiger partial charge in [0, 0.05) is 10.9 Å². The second kappa shape index (κ2) is 4.51. The molecular formula is C6H14FPS. The molecule has 0 bridgehead atoms. The van der Waals surface area contributed by atoms with Crippen LogP contribution in [-0.2, 0) is 0 Å². The van der Waals surface area contributed by atoms with Crippen LogP contribution in [0.25, 0.3) is 0 Å². The lowest BCUT2D eigenvalue weighted by Gasteiger charge is -2.11. The van der Waals surface area contributed by atoms with E-state index in [1.807, 2.05) is 27.7 Å². The first-order valence-electron chi connectivity index (χ1n) is 3.15. The highest BCUT2D eigenvalue weighted by Gasteiger charge is 2.13. The van der Waals surface area contributed by atoms with Gasteiger partial charge in [-0.05, 0) is 0 Å². The smallest absolute Gasteiger partial charge is 0.144 e. The topological polar surface area (TPSA) is 0 Å². The van der Waals surface area contributed by atoms with Crippen LogP contribution in [-0.4, -0.2) is 10.9 Å². The molecule has 1 unspecified atom stereocenters. The average Bonchev–Trinajstić information content (AvgIpc) is 1.63. The van der Waals surface area contributed by atoms with Gasteiger partial charge in [-0.2, -0.15) is 0 Å². The van der Waals surface area contributed by atoms with E-state index in [1.165, 1.54) is 11.4 Å². The first kappa shape index (κ1) is 9.71. The number of rotatable bonds is 3. The summed E-state index contributed by atoms with van der Waals surface area (Å²) in [5.74, 6) is 0. The van der Waals surface area contributed by atoms with Gasteiger partial charge in [0.25, 0.3) is 0 Å². The van der Waals surface area contributed by atoms with E-state index in [2.05, 4.69) is 0 Å². The summed E-state index contributed by atoms with van der Waals surface area (Å²) in [6, 6.07) is 0. The van der Waals surface area contributed by atoms with Gasteiger partial charge in [0.05, 0.1) is 0 Å². The quantitative estimate of drug-likeness (QED) is 0.577. The maximum Gasteiger partial charge on any atom is 0.144 e. The van der Waals surface area contributed by atoms with Crippen LogP contribution in [0.1, 0.15) is 27.7 Å². The summed E-state index contributed by atoms with van der Waals surface area (Å²) in [7, 11) is -1.26. The molecule has 56 valence electrons. The Morgan fingerprint density at radius 3 is 1.78 bits per heavy atom. The molecule has 1 atom stereocenters. The van der Waals surface area contributed by atoms with Gasteiger partial charge in [0.15, 0.2) is 0 Å². The lowest BCUT2D eigenvalue weighted by atomic mass is 10.6. The molecule has 0 N–H and O–H groups in total. The molecule has 0 saturated heterocycles. The normalized spacial score (nSPS) is 15.0. The fraction of sp³-hybridized carbons (Fsp3) is 1.00. The molecule has 0 fully saturated rings. The van der Waals surface area contributed by atoms with Crippen molar-refractivity contribution in [2.45, 2.75) is 38.6 Å². The Morgan fingerprint density at radius 1 is 1.22 bits per heavy atom.